The van der Waals surface area contributed by atoms with E-state index in [0.29, 0.717) is 18.5 Å². The van der Waals surface area contributed by atoms with Crippen molar-refractivity contribution >= 4 is 11.9 Å². The van der Waals surface area contributed by atoms with Gasteiger partial charge < -0.3 is 15.4 Å². The Morgan fingerprint density at radius 3 is 2.80 bits per heavy atom. The highest BCUT2D eigenvalue weighted by molar-refractivity contribution is 6.00. The van der Waals surface area contributed by atoms with Crippen LogP contribution in [0.5, 0.6) is 0 Å². The first-order chi connectivity index (χ1) is 7.09. The maximum Gasteiger partial charge on any atom is 0.352 e. The Labute approximate surface area is 83.9 Å². The van der Waals surface area contributed by atoms with Crippen LogP contribution >= 0.6 is 0 Å². The van der Waals surface area contributed by atoms with Gasteiger partial charge >= 0.3 is 5.97 Å². The van der Waals surface area contributed by atoms with Crippen molar-refractivity contribution in [1.29, 1.82) is 0 Å². The predicted octanol–water partition coefficient (Wildman–Crippen LogP) is -0.641. The molecule has 1 aromatic heterocycles. The number of carboxylic acid groups (broad SMARTS) is 1. The van der Waals surface area contributed by atoms with Crippen LogP contribution in [0.1, 0.15) is 26.4 Å². The summed E-state index contributed by atoms with van der Waals surface area (Å²) in [7, 11) is 0. The average Bonchev–Trinajstić information content (AvgIpc) is 2.18. The van der Waals surface area contributed by atoms with Crippen molar-refractivity contribution in [1.82, 2.24) is 10.3 Å². The number of carbonyl (C=O) groups is 2. The zero-order valence-corrected chi connectivity index (χ0v) is 7.66. The Morgan fingerprint density at radius 1 is 1.40 bits per heavy atom. The van der Waals surface area contributed by atoms with E-state index in [0.717, 1.165) is 6.07 Å². The number of rotatable bonds is 1. The Morgan fingerprint density at radius 2 is 2.13 bits per heavy atom. The molecule has 0 atom stereocenters. The number of carboxylic acids is 1. The van der Waals surface area contributed by atoms with Crippen LogP contribution in [0.25, 0.3) is 0 Å². The summed E-state index contributed by atoms with van der Waals surface area (Å²) in [5.41, 5.74) is -0.219. The van der Waals surface area contributed by atoms with Gasteiger partial charge in [-0.3, -0.25) is 9.59 Å². The third-order valence-electron chi connectivity index (χ3n) is 2.27. The topological polar surface area (TPSA) is 99.3 Å². The van der Waals surface area contributed by atoms with E-state index in [1.807, 2.05) is 0 Å². The molecule has 0 saturated heterocycles. The summed E-state index contributed by atoms with van der Waals surface area (Å²) < 4.78 is 0. The van der Waals surface area contributed by atoms with Crippen molar-refractivity contribution < 1.29 is 14.7 Å². The number of aromatic carboxylic acids is 1. The van der Waals surface area contributed by atoms with Crippen LogP contribution in [0.3, 0.4) is 0 Å². The second-order valence-electron chi connectivity index (χ2n) is 3.21. The molecule has 2 rings (SSSR count). The molecule has 6 heteroatoms. The molecule has 2 heterocycles. The van der Waals surface area contributed by atoms with Crippen LogP contribution in [-0.4, -0.2) is 28.5 Å². The van der Waals surface area contributed by atoms with Gasteiger partial charge in [0.1, 0.15) is 5.69 Å². The van der Waals surface area contributed by atoms with Gasteiger partial charge in [-0.15, -0.1) is 0 Å². The number of fused-ring (bicyclic) bond motifs is 1. The Hall–Kier alpha value is -2.11. The first-order valence-corrected chi connectivity index (χ1v) is 4.37. The molecule has 1 amide bonds. The molecule has 0 aromatic carbocycles. The molecule has 1 aliphatic heterocycles. The van der Waals surface area contributed by atoms with E-state index in [1.54, 1.807) is 0 Å². The smallest absolute Gasteiger partial charge is 0.352 e. The van der Waals surface area contributed by atoms with Gasteiger partial charge in [-0.05, 0) is 12.0 Å². The monoisotopic (exact) mass is 208 g/mol. The summed E-state index contributed by atoms with van der Waals surface area (Å²) in [5.74, 6) is -1.62. The van der Waals surface area contributed by atoms with Crippen LogP contribution in [0, 0.1) is 0 Å². The van der Waals surface area contributed by atoms with E-state index in [-0.39, 0.29) is 11.3 Å². The first kappa shape index (κ1) is 9.45. The number of aromatic nitrogens is 1. The van der Waals surface area contributed by atoms with Crippen LogP contribution in [0.15, 0.2) is 10.9 Å². The number of nitrogens with one attached hydrogen (secondary N) is 2. The van der Waals surface area contributed by atoms with Gasteiger partial charge in [-0.1, -0.05) is 0 Å². The fraction of sp³-hybridized carbons (Fsp3) is 0.222. The second kappa shape index (κ2) is 3.23. The minimum Gasteiger partial charge on any atom is -0.477 e. The lowest BCUT2D eigenvalue weighted by Crippen LogP contribution is -2.35. The molecule has 3 N–H and O–H groups in total. The van der Waals surface area contributed by atoms with Crippen LogP contribution in [0.4, 0.5) is 0 Å². The number of hydrogen-bond acceptors (Lipinski definition) is 3. The largest absolute Gasteiger partial charge is 0.477 e. The average molecular weight is 208 g/mol. The summed E-state index contributed by atoms with van der Waals surface area (Å²) >= 11 is 0. The van der Waals surface area contributed by atoms with Crippen molar-refractivity contribution in [3.63, 3.8) is 0 Å². The molecule has 0 radical (unpaired) electrons. The number of aromatic amines is 1. The van der Waals surface area contributed by atoms with Gasteiger partial charge in [0.2, 0.25) is 5.56 Å². The highest BCUT2D eigenvalue weighted by Crippen LogP contribution is 2.14. The highest BCUT2D eigenvalue weighted by Gasteiger charge is 2.23. The molecule has 0 bridgehead atoms. The summed E-state index contributed by atoms with van der Waals surface area (Å²) in [6, 6.07) is 1.12. The molecular weight excluding hydrogens is 200 g/mol. The minimum absolute atomic E-state index is 0.155. The van der Waals surface area contributed by atoms with Gasteiger partial charge in [0.25, 0.3) is 5.91 Å². The van der Waals surface area contributed by atoms with Crippen molar-refractivity contribution in [3.8, 4) is 0 Å². The Bertz CT molecular complexity index is 483. The molecule has 1 aromatic rings. The summed E-state index contributed by atoms with van der Waals surface area (Å²) in [4.78, 5) is 35.5. The Balaban J connectivity index is 2.73. The van der Waals surface area contributed by atoms with Gasteiger partial charge in [-0.25, -0.2) is 4.79 Å². The van der Waals surface area contributed by atoms with Gasteiger partial charge in [-0.2, -0.15) is 0 Å². The maximum absolute atomic E-state index is 11.4. The fourth-order valence-corrected chi connectivity index (χ4v) is 1.63. The SMILES string of the molecule is O=C1NCCc2c1cc(=O)[nH]c2C(=O)O. The number of H-pyrrole nitrogens is 1. The standard InChI is InChI=1S/C9H8N2O4/c12-6-3-5-4(1-2-10-8(5)13)7(11-6)9(14)15/h3H,1-2H2,(H,10,13)(H,11,12)(H,14,15). The molecule has 15 heavy (non-hydrogen) atoms. The van der Waals surface area contributed by atoms with E-state index in [4.69, 9.17) is 5.11 Å². The number of hydrogen-bond donors (Lipinski definition) is 3. The molecule has 0 spiro atoms. The summed E-state index contributed by atoms with van der Waals surface area (Å²) in [6.45, 7) is 0.387. The van der Waals surface area contributed by atoms with Crippen LogP contribution < -0.4 is 10.9 Å². The van der Waals surface area contributed by atoms with E-state index in [1.165, 1.54) is 0 Å². The number of pyridine rings is 1. The zero-order valence-electron chi connectivity index (χ0n) is 7.66. The lowest BCUT2D eigenvalue weighted by atomic mass is 9.99. The highest BCUT2D eigenvalue weighted by atomic mass is 16.4. The molecule has 6 nitrogen and oxygen atoms in total. The molecule has 0 saturated carbocycles. The predicted molar refractivity (Wildman–Crippen MR) is 50.1 cm³/mol. The van der Waals surface area contributed by atoms with Crippen LogP contribution in [0.2, 0.25) is 0 Å². The van der Waals surface area contributed by atoms with Crippen LogP contribution in [-0.2, 0) is 6.42 Å². The third kappa shape index (κ3) is 1.50. The molecule has 0 unspecified atom stereocenters. The molecule has 1 aliphatic rings. The fourth-order valence-electron chi connectivity index (χ4n) is 1.63. The molecule has 0 aliphatic carbocycles. The second-order valence-corrected chi connectivity index (χ2v) is 3.21. The van der Waals surface area contributed by atoms with E-state index in [9.17, 15) is 14.4 Å². The van der Waals surface area contributed by atoms with Gasteiger partial charge in [0, 0.05) is 12.6 Å². The van der Waals surface area contributed by atoms with Crippen molar-refractivity contribution in [2.24, 2.45) is 0 Å². The molecule has 0 fully saturated rings. The summed E-state index contributed by atoms with van der Waals surface area (Å²) in [6.07, 6.45) is 0.416. The first-order valence-electron chi connectivity index (χ1n) is 4.37. The van der Waals surface area contributed by atoms with Crippen molar-refractivity contribution in [3.05, 3.63) is 33.2 Å². The van der Waals surface area contributed by atoms with Gasteiger partial charge in [0.05, 0.1) is 5.56 Å². The lowest BCUT2D eigenvalue weighted by Gasteiger charge is -2.17. The van der Waals surface area contributed by atoms with Gasteiger partial charge in [0.15, 0.2) is 0 Å². The minimum atomic E-state index is -1.22. The number of amides is 1. The Kier molecular flexibility index (Phi) is 2.03. The lowest BCUT2D eigenvalue weighted by molar-refractivity contribution is 0.0688. The maximum atomic E-state index is 11.4. The molecule has 78 valence electrons. The zero-order chi connectivity index (χ0) is 11.0. The van der Waals surface area contributed by atoms with E-state index < -0.39 is 17.4 Å². The van der Waals surface area contributed by atoms with Crippen molar-refractivity contribution in [2.75, 3.05) is 6.54 Å². The number of carbonyl (C=O) groups excluding carboxylic acids is 1. The third-order valence-corrected chi connectivity index (χ3v) is 2.27. The summed E-state index contributed by atoms with van der Waals surface area (Å²) in [5, 5.41) is 11.4. The van der Waals surface area contributed by atoms with Crippen molar-refractivity contribution in [2.45, 2.75) is 6.42 Å². The van der Waals surface area contributed by atoms with E-state index in [2.05, 4.69) is 10.3 Å². The normalized spacial score (nSPS) is 14.3. The van der Waals surface area contributed by atoms with E-state index >= 15 is 0 Å². The quantitative estimate of drug-likeness (QED) is 0.571. The molecular formula is C9H8N2O4.